The van der Waals surface area contributed by atoms with Crippen molar-refractivity contribution < 1.29 is 59.1 Å². The van der Waals surface area contributed by atoms with Crippen LogP contribution in [0.25, 0.3) is 0 Å². The van der Waals surface area contributed by atoms with Crippen LogP contribution in [0, 0.1) is 46.9 Å². The average molecular weight is 767 g/mol. The Kier molecular flexibility index (Phi) is 7.13. The monoisotopic (exact) mass is 764 g/mol. The van der Waals surface area contributed by atoms with E-state index in [9.17, 15) is 40.4 Å². The van der Waals surface area contributed by atoms with Crippen molar-refractivity contribution in [3.05, 3.63) is 54.4 Å². The van der Waals surface area contributed by atoms with E-state index >= 15 is 0 Å². The van der Waals surface area contributed by atoms with Gasteiger partial charge in [0.2, 0.25) is 17.4 Å². The lowest BCUT2D eigenvalue weighted by Crippen LogP contribution is -2.44. The minimum atomic E-state index is -5.73. The van der Waals surface area contributed by atoms with Gasteiger partial charge >= 0.3 is 28.0 Å². The van der Waals surface area contributed by atoms with Crippen LogP contribution in [0.15, 0.2) is 30.4 Å². The highest BCUT2D eigenvalue weighted by Crippen LogP contribution is 2.59. The number of ether oxygens (including phenoxy) is 3. The zero-order chi connectivity index (χ0) is 28.7. The number of hydrogen-bond donors (Lipinski definition) is 1. The van der Waals surface area contributed by atoms with Crippen LogP contribution in [-0.2, 0) is 29.2 Å². The van der Waals surface area contributed by atoms with Gasteiger partial charge in [-0.15, -0.1) is 0 Å². The lowest BCUT2D eigenvalue weighted by Gasteiger charge is -2.30. The standard InChI is InChI=1S/C22H11Br3F4O9S/c23-4-1-7(24)11(8(25)2-4)22(32)37-17-6-3-5-9(20(30)36-16(5)17)10(6)21(31)38-18-12(26)14(28)19(39(33,34)35)15(29)13(18)27/h1-2,5-6,9-10,16-17H,3H2,(H,33,34,35). The van der Waals surface area contributed by atoms with E-state index in [0.29, 0.717) is 13.4 Å². The second-order valence-corrected chi connectivity index (χ2v) is 12.9. The van der Waals surface area contributed by atoms with Crippen LogP contribution < -0.4 is 4.74 Å². The number of halogens is 7. The molecule has 2 bridgehead atoms. The molecule has 1 N–H and O–H groups in total. The molecule has 0 radical (unpaired) electrons. The number of carbonyl (C=O) groups is 3. The summed E-state index contributed by atoms with van der Waals surface area (Å²) in [7, 11) is -5.73. The highest BCUT2D eigenvalue weighted by molar-refractivity contribution is 9.11. The molecule has 2 aromatic carbocycles. The van der Waals surface area contributed by atoms with Gasteiger partial charge in [-0.25, -0.2) is 13.6 Å². The fraction of sp³-hybridized carbons (Fsp3) is 0.318. The minimum Gasteiger partial charge on any atom is -0.458 e. The third kappa shape index (κ3) is 4.49. The van der Waals surface area contributed by atoms with Gasteiger partial charge < -0.3 is 14.2 Å². The molecular formula is C22H11Br3F4O9S. The van der Waals surface area contributed by atoms with E-state index in [1.165, 1.54) is 0 Å². The maximum Gasteiger partial charge on any atom is 0.340 e. The van der Waals surface area contributed by atoms with E-state index < -0.39 is 97.8 Å². The van der Waals surface area contributed by atoms with E-state index in [1.54, 1.807) is 12.1 Å². The molecule has 2 saturated carbocycles. The van der Waals surface area contributed by atoms with Gasteiger partial charge in [-0.2, -0.15) is 17.2 Å². The molecule has 2 aliphatic carbocycles. The van der Waals surface area contributed by atoms with Crippen molar-refractivity contribution in [2.45, 2.75) is 23.5 Å². The Morgan fingerprint density at radius 2 is 1.54 bits per heavy atom. The Bertz CT molecular complexity index is 1530. The molecule has 208 valence electrons. The van der Waals surface area contributed by atoms with Gasteiger partial charge in [0.05, 0.1) is 17.4 Å². The molecule has 1 saturated heterocycles. The zero-order valence-electron chi connectivity index (χ0n) is 18.6. The van der Waals surface area contributed by atoms with Crippen LogP contribution in [0.1, 0.15) is 16.8 Å². The Balaban J connectivity index is 1.45. The SMILES string of the molecule is O=C(OC1C2CC3C1OC(=O)C3C2C(=O)Oc1c(F)c(F)c(S(=O)(=O)O)c(F)c1F)c1c(Br)cc(Br)cc1Br. The smallest absolute Gasteiger partial charge is 0.340 e. The lowest BCUT2D eigenvalue weighted by atomic mass is 9.78. The van der Waals surface area contributed by atoms with Gasteiger partial charge in [0.25, 0.3) is 0 Å². The molecule has 3 fully saturated rings. The summed E-state index contributed by atoms with van der Waals surface area (Å²) in [5.41, 5.74) is 0.0787. The van der Waals surface area contributed by atoms with E-state index in [-0.39, 0.29) is 12.0 Å². The van der Waals surface area contributed by atoms with Crippen molar-refractivity contribution in [3.8, 4) is 5.75 Å². The number of carbonyl (C=O) groups excluding carboxylic acids is 3. The molecule has 9 nitrogen and oxygen atoms in total. The largest absolute Gasteiger partial charge is 0.458 e. The first-order valence-electron chi connectivity index (χ1n) is 10.7. The summed E-state index contributed by atoms with van der Waals surface area (Å²) in [6.45, 7) is 0. The van der Waals surface area contributed by atoms with Crippen LogP contribution in [0.2, 0.25) is 0 Å². The summed E-state index contributed by atoms with van der Waals surface area (Å²) in [5.74, 6) is -19.2. The van der Waals surface area contributed by atoms with Crippen LogP contribution in [0.5, 0.6) is 5.75 Å². The molecule has 0 spiro atoms. The molecule has 0 amide bonds. The first kappa shape index (κ1) is 28.4. The van der Waals surface area contributed by atoms with Gasteiger partial charge in [-0.3, -0.25) is 14.1 Å². The van der Waals surface area contributed by atoms with Crippen LogP contribution >= 0.6 is 47.8 Å². The summed E-state index contributed by atoms with van der Waals surface area (Å²) in [6, 6.07) is 3.14. The molecule has 1 heterocycles. The Hall–Kier alpha value is -2.08. The second-order valence-electron chi connectivity index (χ2n) is 8.94. The molecule has 17 heteroatoms. The number of benzene rings is 2. The number of fused-ring (bicyclic) bond motifs is 1. The molecule has 5 rings (SSSR count). The van der Waals surface area contributed by atoms with Gasteiger partial charge in [0, 0.05) is 25.3 Å². The zero-order valence-corrected chi connectivity index (χ0v) is 24.2. The maximum atomic E-state index is 14.5. The Morgan fingerprint density at radius 1 is 0.974 bits per heavy atom. The second kappa shape index (κ2) is 9.78. The molecule has 1 aliphatic heterocycles. The first-order chi connectivity index (χ1) is 18.1. The topological polar surface area (TPSA) is 133 Å². The van der Waals surface area contributed by atoms with Crippen molar-refractivity contribution >= 4 is 75.8 Å². The Labute approximate surface area is 241 Å². The van der Waals surface area contributed by atoms with Crippen LogP contribution in [0.4, 0.5) is 17.6 Å². The number of rotatable bonds is 5. The van der Waals surface area contributed by atoms with Crippen molar-refractivity contribution in [2.75, 3.05) is 0 Å². The lowest BCUT2D eigenvalue weighted by molar-refractivity contribution is -0.150. The van der Waals surface area contributed by atoms with Crippen molar-refractivity contribution in [1.82, 2.24) is 0 Å². The maximum absolute atomic E-state index is 14.5. The van der Waals surface area contributed by atoms with Crippen LogP contribution in [0.3, 0.4) is 0 Å². The quantitative estimate of drug-likeness (QED) is 0.151. The first-order valence-corrected chi connectivity index (χ1v) is 14.6. The highest BCUT2D eigenvalue weighted by Gasteiger charge is 2.70. The van der Waals surface area contributed by atoms with Gasteiger partial charge in [-0.1, -0.05) is 15.9 Å². The van der Waals surface area contributed by atoms with E-state index in [2.05, 4.69) is 52.5 Å². The predicted octanol–water partition coefficient (Wildman–Crippen LogP) is 4.72. The van der Waals surface area contributed by atoms with Crippen molar-refractivity contribution in [3.63, 3.8) is 0 Å². The summed E-state index contributed by atoms with van der Waals surface area (Å²) in [5, 5.41) is 0. The molecule has 39 heavy (non-hydrogen) atoms. The normalized spacial score (nSPS) is 27.0. The van der Waals surface area contributed by atoms with Crippen molar-refractivity contribution in [1.29, 1.82) is 0 Å². The molecule has 3 aliphatic rings. The fourth-order valence-corrected chi connectivity index (χ4v) is 8.68. The molecule has 6 atom stereocenters. The predicted molar refractivity (Wildman–Crippen MR) is 129 cm³/mol. The van der Waals surface area contributed by atoms with Crippen LogP contribution in [-0.4, -0.2) is 43.1 Å². The fourth-order valence-electron chi connectivity index (χ4n) is 5.46. The third-order valence-electron chi connectivity index (χ3n) is 6.92. The van der Waals surface area contributed by atoms with Gasteiger partial charge in [0.1, 0.15) is 12.2 Å². The number of hydrogen-bond acceptors (Lipinski definition) is 8. The minimum absolute atomic E-state index is 0.0787. The van der Waals surface area contributed by atoms with E-state index in [0.717, 1.165) is 0 Å². The Morgan fingerprint density at radius 3 is 2.08 bits per heavy atom. The molecular weight excluding hydrogens is 756 g/mol. The third-order valence-corrected chi connectivity index (χ3v) is 9.50. The molecule has 2 aromatic rings. The van der Waals surface area contributed by atoms with E-state index in [4.69, 9.17) is 14.0 Å². The molecule has 6 unspecified atom stereocenters. The van der Waals surface area contributed by atoms with Gasteiger partial charge in [-0.05, 0) is 50.4 Å². The van der Waals surface area contributed by atoms with Crippen molar-refractivity contribution in [2.24, 2.45) is 23.7 Å². The summed E-state index contributed by atoms with van der Waals surface area (Å²) in [6.07, 6.45) is -1.96. The number of esters is 3. The summed E-state index contributed by atoms with van der Waals surface area (Å²) < 4.78 is 105. The summed E-state index contributed by atoms with van der Waals surface area (Å²) >= 11 is 9.76. The van der Waals surface area contributed by atoms with E-state index in [1.807, 2.05) is 0 Å². The van der Waals surface area contributed by atoms with Gasteiger partial charge in [0.15, 0.2) is 16.5 Å². The average Bonchev–Trinajstić information content (AvgIpc) is 3.43. The molecule has 0 aromatic heterocycles. The summed E-state index contributed by atoms with van der Waals surface area (Å²) in [4.78, 5) is 36.3. The highest BCUT2D eigenvalue weighted by atomic mass is 79.9.